The summed E-state index contributed by atoms with van der Waals surface area (Å²) in [5.74, 6) is -0.868. The van der Waals surface area contributed by atoms with E-state index >= 15 is 0 Å². The molecule has 1 N–H and O–H groups in total. The van der Waals surface area contributed by atoms with Gasteiger partial charge in [-0.25, -0.2) is 0 Å². The van der Waals surface area contributed by atoms with E-state index in [2.05, 4.69) is 0 Å². The molecule has 1 fully saturated rings. The van der Waals surface area contributed by atoms with Crippen molar-refractivity contribution in [3.8, 4) is 0 Å². The van der Waals surface area contributed by atoms with E-state index in [1.165, 1.54) is 0 Å². The number of carbonyl (C=O) groups excluding carboxylic acids is 1. The Morgan fingerprint density at radius 1 is 1.26 bits per heavy atom. The Morgan fingerprint density at radius 3 is 2.21 bits per heavy atom. The fourth-order valence-corrected chi connectivity index (χ4v) is 2.84. The van der Waals surface area contributed by atoms with Crippen LogP contribution in [0.15, 0.2) is 0 Å². The summed E-state index contributed by atoms with van der Waals surface area (Å²) in [6.07, 6.45) is 2.60. The van der Waals surface area contributed by atoms with Crippen LogP contribution in [-0.2, 0) is 14.3 Å². The van der Waals surface area contributed by atoms with E-state index < -0.39 is 5.97 Å². The third-order valence-electron chi connectivity index (χ3n) is 3.99. The number of nitrogens with zero attached hydrogens (tertiary/aromatic N) is 1. The summed E-state index contributed by atoms with van der Waals surface area (Å²) in [6, 6.07) is 0.0692. The first-order chi connectivity index (χ1) is 9.01. The zero-order valence-electron chi connectivity index (χ0n) is 12.1. The van der Waals surface area contributed by atoms with E-state index in [1.54, 1.807) is 7.11 Å². The van der Waals surface area contributed by atoms with Crippen LogP contribution in [0.25, 0.3) is 0 Å². The van der Waals surface area contributed by atoms with Crippen molar-refractivity contribution in [2.75, 3.05) is 20.3 Å². The summed E-state index contributed by atoms with van der Waals surface area (Å²) in [4.78, 5) is 25.2. The summed E-state index contributed by atoms with van der Waals surface area (Å²) in [6.45, 7) is 5.15. The largest absolute Gasteiger partial charge is 0.481 e. The highest BCUT2D eigenvalue weighted by atomic mass is 16.5. The third-order valence-corrected chi connectivity index (χ3v) is 3.99. The van der Waals surface area contributed by atoms with E-state index in [-0.39, 0.29) is 23.8 Å². The number of carboxylic acid groups (broad SMARTS) is 1. The number of methoxy groups -OCH3 is 1. The summed E-state index contributed by atoms with van der Waals surface area (Å²) in [5.41, 5.74) is 0. The van der Waals surface area contributed by atoms with Crippen LogP contribution >= 0.6 is 0 Å². The molecular formula is C14H25NO4. The Kier molecular flexibility index (Phi) is 6.28. The molecule has 0 aromatic carbocycles. The molecule has 0 heterocycles. The maximum atomic E-state index is 12.4. The summed E-state index contributed by atoms with van der Waals surface area (Å²) >= 11 is 0. The van der Waals surface area contributed by atoms with Gasteiger partial charge in [-0.1, -0.05) is 0 Å². The van der Waals surface area contributed by atoms with Gasteiger partial charge in [0.15, 0.2) is 0 Å². The van der Waals surface area contributed by atoms with Gasteiger partial charge in [-0.05, 0) is 39.5 Å². The minimum atomic E-state index is -0.731. The number of hydrogen-bond donors (Lipinski definition) is 1. The van der Waals surface area contributed by atoms with Crippen LogP contribution in [0, 0.1) is 11.8 Å². The second-order valence-electron chi connectivity index (χ2n) is 5.32. The molecule has 0 radical (unpaired) electrons. The number of hydrogen-bond acceptors (Lipinski definition) is 3. The van der Waals surface area contributed by atoms with Gasteiger partial charge in [0.05, 0.1) is 18.6 Å². The van der Waals surface area contributed by atoms with Crippen LogP contribution in [-0.4, -0.2) is 48.2 Å². The normalized spacial score (nSPS) is 24.8. The number of aliphatic carboxylic acids is 1. The lowest BCUT2D eigenvalue weighted by molar-refractivity contribution is -0.146. The van der Waals surface area contributed by atoms with Gasteiger partial charge < -0.3 is 14.7 Å². The average molecular weight is 271 g/mol. The van der Waals surface area contributed by atoms with Crippen molar-refractivity contribution in [3.05, 3.63) is 0 Å². The van der Waals surface area contributed by atoms with Crippen molar-refractivity contribution in [1.29, 1.82) is 0 Å². The summed E-state index contributed by atoms with van der Waals surface area (Å²) in [7, 11) is 1.63. The molecule has 0 aromatic heterocycles. The van der Waals surface area contributed by atoms with Gasteiger partial charge in [0, 0.05) is 19.6 Å². The zero-order chi connectivity index (χ0) is 14.4. The fraction of sp³-hybridized carbons (Fsp3) is 0.857. The third kappa shape index (κ3) is 4.20. The molecule has 1 saturated carbocycles. The van der Waals surface area contributed by atoms with Crippen LogP contribution in [0.2, 0.25) is 0 Å². The first-order valence-corrected chi connectivity index (χ1v) is 7.03. The molecule has 0 bridgehead atoms. The molecule has 1 aliphatic rings. The molecule has 5 heteroatoms. The minimum Gasteiger partial charge on any atom is -0.481 e. The van der Waals surface area contributed by atoms with Crippen molar-refractivity contribution in [3.63, 3.8) is 0 Å². The molecule has 1 amide bonds. The monoisotopic (exact) mass is 271 g/mol. The van der Waals surface area contributed by atoms with Gasteiger partial charge in [0.25, 0.3) is 0 Å². The Bertz CT molecular complexity index is 311. The first kappa shape index (κ1) is 16.0. The van der Waals surface area contributed by atoms with Gasteiger partial charge in [-0.15, -0.1) is 0 Å². The molecule has 0 aromatic rings. The van der Waals surface area contributed by atoms with Crippen molar-refractivity contribution in [2.45, 2.75) is 45.6 Å². The second-order valence-corrected chi connectivity index (χ2v) is 5.32. The van der Waals surface area contributed by atoms with Gasteiger partial charge in [0.2, 0.25) is 5.91 Å². The topological polar surface area (TPSA) is 66.8 Å². The van der Waals surface area contributed by atoms with E-state index in [9.17, 15) is 9.59 Å². The molecule has 19 heavy (non-hydrogen) atoms. The molecule has 1 unspecified atom stereocenters. The van der Waals surface area contributed by atoms with E-state index in [4.69, 9.17) is 9.84 Å². The number of ether oxygens (including phenoxy) is 1. The highest BCUT2D eigenvalue weighted by Crippen LogP contribution is 2.30. The van der Waals surface area contributed by atoms with Crippen LogP contribution in [0.4, 0.5) is 0 Å². The molecule has 0 saturated heterocycles. The minimum absolute atomic E-state index is 0.0187. The Hall–Kier alpha value is -1.10. The van der Waals surface area contributed by atoms with E-state index in [1.807, 2.05) is 18.7 Å². The molecule has 1 atom stereocenters. The maximum absolute atomic E-state index is 12.4. The number of likely N-dealkylation sites (N-methyl/N-ethyl adjacent to an activating group) is 1. The van der Waals surface area contributed by atoms with Gasteiger partial charge >= 0.3 is 5.97 Å². The molecule has 1 aliphatic carbocycles. The maximum Gasteiger partial charge on any atom is 0.306 e. The van der Waals surface area contributed by atoms with Crippen molar-refractivity contribution in [2.24, 2.45) is 11.8 Å². The SMILES string of the molecule is CCN(C(=O)C1CCC(C(=O)O)CC1)C(C)COC. The first-order valence-electron chi connectivity index (χ1n) is 7.03. The zero-order valence-corrected chi connectivity index (χ0v) is 12.1. The van der Waals surface area contributed by atoms with Gasteiger partial charge in [0.1, 0.15) is 0 Å². The quantitative estimate of drug-likeness (QED) is 0.799. The lowest BCUT2D eigenvalue weighted by Crippen LogP contribution is -2.45. The Balaban J connectivity index is 2.55. The summed E-state index contributed by atoms with van der Waals surface area (Å²) in [5, 5.41) is 8.96. The van der Waals surface area contributed by atoms with Crippen molar-refractivity contribution >= 4 is 11.9 Å². The summed E-state index contributed by atoms with van der Waals surface area (Å²) < 4.78 is 5.10. The molecule has 0 aliphatic heterocycles. The highest BCUT2D eigenvalue weighted by Gasteiger charge is 2.32. The number of rotatable bonds is 6. The van der Waals surface area contributed by atoms with Gasteiger partial charge in [-0.2, -0.15) is 0 Å². The van der Waals surface area contributed by atoms with Gasteiger partial charge in [-0.3, -0.25) is 9.59 Å². The fourth-order valence-electron chi connectivity index (χ4n) is 2.84. The predicted molar refractivity (Wildman–Crippen MR) is 71.8 cm³/mol. The standard InChI is InChI=1S/C14H25NO4/c1-4-15(10(2)9-19-3)13(16)11-5-7-12(8-6-11)14(17)18/h10-12H,4-9H2,1-3H3,(H,17,18). The van der Waals surface area contributed by atoms with Crippen LogP contribution in [0.1, 0.15) is 39.5 Å². The predicted octanol–water partition coefficient (Wildman–Crippen LogP) is 1.76. The van der Waals surface area contributed by atoms with E-state index in [0.29, 0.717) is 38.8 Å². The highest BCUT2D eigenvalue weighted by molar-refractivity contribution is 5.79. The lowest BCUT2D eigenvalue weighted by Gasteiger charge is -2.33. The Labute approximate surface area is 114 Å². The molecule has 0 spiro atoms. The second kappa shape index (κ2) is 7.48. The van der Waals surface area contributed by atoms with Crippen LogP contribution < -0.4 is 0 Å². The Morgan fingerprint density at radius 2 is 1.79 bits per heavy atom. The van der Waals surface area contributed by atoms with E-state index in [0.717, 1.165) is 0 Å². The number of carbonyl (C=O) groups is 2. The average Bonchev–Trinajstić information content (AvgIpc) is 2.39. The molecule has 1 rings (SSSR count). The number of amides is 1. The molecule has 5 nitrogen and oxygen atoms in total. The van der Waals surface area contributed by atoms with Crippen molar-refractivity contribution < 1.29 is 19.4 Å². The van der Waals surface area contributed by atoms with Crippen molar-refractivity contribution in [1.82, 2.24) is 4.90 Å². The van der Waals surface area contributed by atoms with Crippen LogP contribution in [0.5, 0.6) is 0 Å². The molecular weight excluding hydrogens is 246 g/mol. The molecule has 110 valence electrons. The smallest absolute Gasteiger partial charge is 0.306 e. The van der Waals surface area contributed by atoms with Crippen LogP contribution in [0.3, 0.4) is 0 Å². The number of carboxylic acids is 1. The lowest BCUT2D eigenvalue weighted by atomic mass is 9.81.